The number of ether oxygens (including phenoxy) is 1. The largest absolute Gasteiger partial charge is 0.480 e. The number of carboxylic acid groups (broad SMARTS) is 1. The number of nitrogens with zero attached hydrogens (tertiary/aromatic N) is 1. The van der Waals surface area contributed by atoms with Gasteiger partial charge in [-0.2, -0.15) is 11.8 Å². The van der Waals surface area contributed by atoms with Gasteiger partial charge in [0.15, 0.2) is 0 Å². The van der Waals surface area contributed by atoms with Gasteiger partial charge in [0.1, 0.15) is 12.1 Å². The van der Waals surface area contributed by atoms with Crippen molar-refractivity contribution in [2.24, 2.45) is 5.41 Å². The van der Waals surface area contributed by atoms with Crippen molar-refractivity contribution < 1.29 is 24.2 Å². The molecule has 0 bridgehead atoms. The highest BCUT2D eigenvalue weighted by atomic mass is 32.2. The second-order valence-electron chi connectivity index (χ2n) is 8.71. The summed E-state index contributed by atoms with van der Waals surface area (Å²) in [7, 11) is 0. The highest BCUT2D eigenvalue weighted by molar-refractivity contribution is 7.99. The number of hydrogen-bond donors (Lipinski definition) is 2. The van der Waals surface area contributed by atoms with Crippen LogP contribution in [0.1, 0.15) is 45.1 Å². The molecule has 32 heavy (non-hydrogen) atoms. The van der Waals surface area contributed by atoms with Crippen LogP contribution >= 0.6 is 11.8 Å². The number of amides is 1. The van der Waals surface area contributed by atoms with E-state index < -0.39 is 24.1 Å². The van der Waals surface area contributed by atoms with E-state index in [0.29, 0.717) is 19.4 Å². The number of benzene rings is 1. The number of carboxylic acids is 1. The molecule has 0 saturated carbocycles. The predicted molar refractivity (Wildman–Crippen MR) is 125 cm³/mol. The average Bonchev–Trinajstić information content (AvgIpc) is 3.15. The number of esters is 1. The lowest BCUT2D eigenvalue weighted by atomic mass is 9.75. The summed E-state index contributed by atoms with van der Waals surface area (Å²) in [4.78, 5) is 39.6. The number of rotatable bonds is 9. The zero-order chi connectivity index (χ0) is 23.1. The molecule has 1 aromatic carbocycles. The van der Waals surface area contributed by atoms with E-state index in [1.165, 1.54) is 4.90 Å². The van der Waals surface area contributed by atoms with Crippen molar-refractivity contribution in [2.45, 2.75) is 64.1 Å². The summed E-state index contributed by atoms with van der Waals surface area (Å²) in [6, 6.07) is 7.72. The first-order valence-electron chi connectivity index (χ1n) is 11.5. The lowest BCUT2D eigenvalue weighted by molar-refractivity contribution is -0.153. The summed E-state index contributed by atoms with van der Waals surface area (Å²) >= 11 is 1.85. The van der Waals surface area contributed by atoms with Gasteiger partial charge in [0.25, 0.3) is 0 Å². The van der Waals surface area contributed by atoms with Crippen LogP contribution in [0, 0.1) is 5.41 Å². The minimum atomic E-state index is -0.930. The molecule has 2 N–H and O–H groups in total. The van der Waals surface area contributed by atoms with Gasteiger partial charge in [0.05, 0.1) is 12.6 Å². The molecule has 7 nitrogen and oxygen atoms in total. The maximum Gasteiger partial charge on any atom is 0.326 e. The number of carbonyl (C=O) groups excluding carboxylic acids is 2. The van der Waals surface area contributed by atoms with Crippen LogP contribution in [0.4, 0.5) is 0 Å². The van der Waals surface area contributed by atoms with Crippen molar-refractivity contribution in [2.75, 3.05) is 24.7 Å². The normalized spacial score (nSPS) is 21.8. The first kappa shape index (κ1) is 24.6. The second kappa shape index (κ2) is 11.2. The first-order valence-corrected chi connectivity index (χ1v) is 12.6. The van der Waals surface area contributed by atoms with E-state index in [1.807, 2.05) is 42.1 Å². The molecular weight excluding hydrogens is 428 g/mol. The number of nitrogens with one attached hydrogen (secondary N) is 1. The smallest absolute Gasteiger partial charge is 0.326 e. The van der Waals surface area contributed by atoms with Gasteiger partial charge in [-0.3, -0.25) is 14.9 Å². The fraction of sp³-hybridized carbons (Fsp3) is 0.625. The van der Waals surface area contributed by atoms with Gasteiger partial charge in [-0.25, -0.2) is 4.79 Å². The maximum absolute atomic E-state index is 13.3. The van der Waals surface area contributed by atoms with Gasteiger partial charge >= 0.3 is 11.9 Å². The molecule has 0 radical (unpaired) electrons. The van der Waals surface area contributed by atoms with Crippen LogP contribution in [0.25, 0.3) is 0 Å². The Bertz CT molecular complexity index is 797. The molecule has 176 valence electrons. The summed E-state index contributed by atoms with van der Waals surface area (Å²) in [5.41, 5.74) is 0.769. The van der Waals surface area contributed by atoms with Gasteiger partial charge in [-0.1, -0.05) is 30.3 Å². The third-order valence-electron chi connectivity index (χ3n) is 6.71. The van der Waals surface area contributed by atoms with E-state index in [-0.39, 0.29) is 23.9 Å². The van der Waals surface area contributed by atoms with Crippen molar-refractivity contribution in [3.05, 3.63) is 35.9 Å². The number of aliphatic carboxylic acids is 1. The van der Waals surface area contributed by atoms with Gasteiger partial charge in [-0.05, 0) is 63.0 Å². The maximum atomic E-state index is 13.3. The molecule has 1 spiro atoms. The highest BCUT2D eigenvalue weighted by Gasteiger charge is 2.53. The number of thioether (sulfide) groups is 1. The number of likely N-dealkylation sites (tertiary alicyclic amines) is 1. The minimum absolute atomic E-state index is 0.262. The van der Waals surface area contributed by atoms with Crippen LogP contribution in [-0.4, -0.2) is 70.6 Å². The molecule has 1 unspecified atom stereocenters. The fourth-order valence-corrected chi connectivity index (χ4v) is 6.27. The molecule has 1 amide bonds. The molecule has 3 atom stereocenters. The standard InChI is InChI=1S/C24H34N2O5S/c1-3-31-23(30)19(10-9-18-7-5-4-6-8-18)25-17(2)21(27)26-14-11-24(20(26)22(28)29)12-15-32-16-13-24/h4-8,17,19-20,25H,3,9-16H2,1-2H3,(H,28,29)/t17-,19?,20+/m0/s1. The predicted octanol–water partition coefficient (Wildman–Crippen LogP) is 2.73. The molecule has 8 heteroatoms. The Morgan fingerprint density at radius 2 is 1.91 bits per heavy atom. The van der Waals surface area contributed by atoms with E-state index in [4.69, 9.17) is 4.74 Å². The molecule has 2 heterocycles. The van der Waals surface area contributed by atoms with Crippen molar-refractivity contribution in [1.82, 2.24) is 10.2 Å². The molecule has 2 saturated heterocycles. The molecule has 3 rings (SSSR count). The van der Waals surface area contributed by atoms with Gasteiger partial charge in [0, 0.05) is 12.0 Å². The Morgan fingerprint density at radius 3 is 2.53 bits per heavy atom. The third kappa shape index (κ3) is 5.64. The molecule has 0 aliphatic carbocycles. The average molecular weight is 463 g/mol. The Kier molecular flexibility index (Phi) is 8.59. The minimum Gasteiger partial charge on any atom is -0.480 e. The van der Waals surface area contributed by atoms with E-state index in [2.05, 4.69) is 5.32 Å². The summed E-state index contributed by atoms with van der Waals surface area (Å²) in [5, 5.41) is 13.1. The number of hydrogen-bond acceptors (Lipinski definition) is 6. The van der Waals surface area contributed by atoms with Gasteiger partial charge in [0.2, 0.25) is 5.91 Å². The van der Waals surface area contributed by atoms with E-state index in [0.717, 1.165) is 36.3 Å². The first-order chi connectivity index (χ1) is 15.4. The number of carbonyl (C=O) groups is 3. The Hall–Kier alpha value is -2.06. The van der Waals surface area contributed by atoms with Gasteiger partial charge < -0.3 is 14.7 Å². The van der Waals surface area contributed by atoms with Crippen molar-refractivity contribution in [1.29, 1.82) is 0 Å². The summed E-state index contributed by atoms with van der Waals surface area (Å²) in [6.45, 7) is 4.17. The summed E-state index contributed by atoms with van der Waals surface area (Å²) in [5.74, 6) is 0.288. The van der Waals surface area contributed by atoms with E-state index in [9.17, 15) is 19.5 Å². The second-order valence-corrected chi connectivity index (χ2v) is 9.94. The Labute approximate surface area is 194 Å². The highest BCUT2D eigenvalue weighted by Crippen LogP contribution is 2.47. The van der Waals surface area contributed by atoms with Crippen LogP contribution in [-0.2, 0) is 25.5 Å². The quantitative estimate of drug-likeness (QED) is 0.545. The van der Waals surface area contributed by atoms with Gasteiger partial charge in [-0.15, -0.1) is 0 Å². The molecule has 1 aromatic rings. The number of aryl methyl sites for hydroxylation is 1. The summed E-state index contributed by atoms with van der Waals surface area (Å²) in [6.07, 6.45) is 3.52. The molecular formula is C24H34N2O5S. The molecule has 2 fully saturated rings. The van der Waals surface area contributed by atoms with Crippen LogP contribution < -0.4 is 5.32 Å². The molecule has 2 aliphatic rings. The third-order valence-corrected chi connectivity index (χ3v) is 7.69. The lowest BCUT2D eigenvalue weighted by Crippen LogP contribution is -2.56. The van der Waals surface area contributed by atoms with Crippen molar-refractivity contribution >= 4 is 29.6 Å². The summed E-state index contributed by atoms with van der Waals surface area (Å²) < 4.78 is 5.23. The molecule has 0 aromatic heterocycles. The Balaban J connectivity index is 1.69. The van der Waals surface area contributed by atoms with Crippen LogP contribution in [0.5, 0.6) is 0 Å². The lowest BCUT2D eigenvalue weighted by Gasteiger charge is -2.38. The van der Waals surface area contributed by atoms with Crippen molar-refractivity contribution in [3.8, 4) is 0 Å². The zero-order valence-corrected chi connectivity index (χ0v) is 19.7. The van der Waals surface area contributed by atoms with Crippen LogP contribution in [0.3, 0.4) is 0 Å². The zero-order valence-electron chi connectivity index (χ0n) is 18.9. The fourth-order valence-electron chi connectivity index (χ4n) is 4.96. The topological polar surface area (TPSA) is 95.9 Å². The SMILES string of the molecule is CCOC(=O)C(CCc1ccccc1)N[C@@H](C)C(=O)N1CCC2(CCSCC2)[C@H]1C(=O)O. The van der Waals surface area contributed by atoms with Crippen LogP contribution in [0.2, 0.25) is 0 Å². The molecule has 2 aliphatic heterocycles. The van der Waals surface area contributed by atoms with Crippen LogP contribution in [0.15, 0.2) is 30.3 Å². The van der Waals surface area contributed by atoms with E-state index in [1.54, 1.807) is 13.8 Å². The van der Waals surface area contributed by atoms with Crippen molar-refractivity contribution in [3.63, 3.8) is 0 Å². The Morgan fingerprint density at radius 1 is 1.22 bits per heavy atom. The monoisotopic (exact) mass is 462 g/mol. The van der Waals surface area contributed by atoms with E-state index >= 15 is 0 Å².